The maximum atomic E-state index is 12.9. The SMILES string of the molecule is Cc1cnc(NC(=O)NC2CCC(F)C2)o1. The summed E-state index contributed by atoms with van der Waals surface area (Å²) in [5, 5.41) is 5.13. The molecule has 1 aliphatic carbocycles. The van der Waals surface area contributed by atoms with E-state index in [9.17, 15) is 9.18 Å². The number of rotatable bonds is 2. The van der Waals surface area contributed by atoms with Crippen molar-refractivity contribution in [2.75, 3.05) is 5.32 Å². The molecule has 1 aromatic heterocycles. The Kier molecular flexibility index (Phi) is 3.07. The van der Waals surface area contributed by atoms with E-state index in [1.165, 1.54) is 6.20 Å². The van der Waals surface area contributed by atoms with Gasteiger partial charge in [-0.15, -0.1) is 0 Å². The summed E-state index contributed by atoms with van der Waals surface area (Å²) in [6, 6.07) is -0.336. The lowest BCUT2D eigenvalue weighted by atomic mass is 10.2. The number of halogens is 1. The van der Waals surface area contributed by atoms with Gasteiger partial charge < -0.3 is 9.73 Å². The van der Waals surface area contributed by atoms with Crippen molar-refractivity contribution in [3.63, 3.8) is 0 Å². The van der Waals surface area contributed by atoms with Gasteiger partial charge in [0, 0.05) is 6.04 Å². The maximum Gasteiger partial charge on any atom is 0.323 e. The van der Waals surface area contributed by atoms with Crippen LogP contribution < -0.4 is 10.6 Å². The summed E-state index contributed by atoms with van der Waals surface area (Å²) in [5.41, 5.74) is 0. The lowest BCUT2D eigenvalue weighted by molar-refractivity contribution is 0.247. The van der Waals surface area contributed by atoms with E-state index in [2.05, 4.69) is 15.6 Å². The number of carbonyl (C=O) groups is 1. The van der Waals surface area contributed by atoms with E-state index in [0.29, 0.717) is 25.0 Å². The lowest BCUT2D eigenvalue weighted by Crippen LogP contribution is -2.36. The van der Waals surface area contributed by atoms with Crippen LogP contribution in [0.5, 0.6) is 0 Å². The fourth-order valence-electron chi connectivity index (χ4n) is 1.79. The minimum absolute atomic E-state index is 0.0916. The average molecular weight is 227 g/mol. The number of aryl methyl sites for hydroxylation is 1. The molecule has 0 bridgehead atoms. The van der Waals surface area contributed by atoms with Crippen molar-refractivity contribution in [3.05, 3.63) is 12.0 Å². The molecule has 0 aliphatic heterocycles. The smallest absolute Gasteiger partial charge is 0.323 e. The first-order valence-electron chi connectivity index (χ1n) is 5.27. The molecule has 1 saturated carbocycles. The highest BCUT2D eigenvalue weighted by Gasteiger charge is 2.25. The topological polar surface area (TPSA) is 67.2 Å². The number of alkyl halides is 1. The van der Waals surface area contributed by atoms with Crippen LogP contribution in [0.1, 0.15) is 25.0 Å². The first-order valence-corrected chi connectivity index (χ1v) is 5.27. The molecule has 2 atom stereocenters. The van der Waals surface area contributed by atoms with Crippen LogP contribution in [0.3, 0.4) is 0 Å². The molecule has 1 aromatic rings. The molecule has 16 heavy (non-hydrogen) atoms. The molecule has 0 saturated heterocycles. The number of anilines is 1. The van der Waals surface area contributed by atoms with Crippen LogP contribution in [0.15, 0.2) is 10.6 Å². The second-order valence-electron chi connectivity index (χ2n) is 3.98. The standard InChI is InChI=1S/C10H14FN3O2/c1-6-5-12-10(16-6)14-9(15)13-8-3-2-7(11)4-8/h5,7-8H,2-4H2,1H3,(H2,12,13,14,15). The predicted molar refractivity (Wildman–Crippen MR) is 55.9 cm³/mol. The molecule has 0 spiro atoms. The lowest BCUT2D eigenvalue weighted by Gasteiger charge is -2.10. The highest BCUT2D eigenvalue weighted by Crippen LogP contribution is 2.21. The number of oxazole rings is 1. The Balaban J connectivity index is 1.80. The summed E-state index contributed by atoms with van der Waals surface area (Å²) >= 11 is 0. The zero-order valence-electron chi connectivity index (χ0n) is 9.00. The molecule has 5 nitrogen and oxygen atoms in total. The van der Waals surface area contributed by atoms with E-state index < -0.39 is 12.2 Å². The predicted octanol–water partition coefficient (Wildman–Crippen LogP) is 2.00. The van der Waals surface area contributed by atoms with E-state index in [4.69, 9.17) is 4.42 Å². The van der Waals surface area contributed by atoms with Gasteiger partial charge in [0.15, 0.2) is 0 Å². The van der Waals surface area contributed by atoms with E-state index in [-0.39, 0.29) is 12.1 Å². The molecule has 2 N–H and O–H groups in total. The van der Waals surface area contributed by atoms with Gasteiger partial charge in [0.1, 0.15) is 11.9 Å². The van der Waals surface area contributed by atoms with Gasteiger partial charge in [0.25, 0.3) is 0 Å². The number of nitrogens with zero attached hydrogens (tertiary/aromatic N) is 1. The summed E-state index contributed by atoms with van der Waals surface area (Å²) in [6.45, 7) is 1.74. The molecule has 2 unspecified atom stereocenters. The Morgan fingerprint density at radius 1 is 1.62 bits per heavy atom. The largest absolute Gasteiger partial charge is 0.429 e. The van der Waals surface area contributed by atoms with Crippen LogP contribution in [0.4, 0.5) is 15.2 Å². The fraction of sp³-hybridized carbons (Fsp3) is 0.600. The Labute approximate surface area is 92.4 Å². The molecule has 0 radical (unpaired) electrons. The van der Waals surface area contributed by atoms with Crippen molar-refractivity contribution >= 4 is 12.0 Å². The van der Waals surface area contributed by atoms with Gasteiger partial charge >= 0.3 is 12.0 Å². The molecule has 1 fully saturated rings. The number of aromatic nitrogens is 1. The molecule has 0 aromatic carbocycles. The van der Waals surface area contributed by atoms with Crippen molar-refractivity contribution in [1.29, 1.82) is 0 Å². The van der Waals surface area contributed by atoms with E-state index in [0.717, 1.165) is 0 Å². The van der Waals surface area contributed by atoms with Gasteiger partial charge in [0.2, 0.25) is 0 Å². The molecular formula is C10H14FN3O2. The van der Waals surface area contributed by atoms with Gasteiger partial charge in [0.05, 0.1) is 6.20 Å². The zero-order valence-corrected chi connectivity index (χ0v) is 9.00. The molecule has 1 aliphatic rings. The first-order chi connectivity index (χ1) is 7.63. The van der Waals surface area contributed by atoms with Crippen molar-refractivity contribution in [1.82, 2.24) is 10.3 Å². The van der Waals surface area contributed by atoms with E-state index in [1.54, 1.807) is 6.92 Å². The second-order valence-corrected chi connectivity index (χ2v) is 3.98. The minimum atomic E-state index is -0.797. The van der Waals surface area contributed by atoms with Crippen molar-refractivity contribution in [3.8, 4) is 0 Å². The van der Waals surface area contributed by atoms with Crippen LogP contribution in [0.2, 0.25) is 0 Å². The van der Waals surface area contributed by atoms with Gasteiger partial charge in [-0.1, -0.05) is 0 Å². The highest BCUT2D eigenvalue weighted by molar-refractivity contribution is 5.87. The quantitative estimate of drug-likeness (QED) is 0.811. The van der Waals surface area contributed by atoms with Gasteiger partial charge in [-0.2, -0.15) is 0 Å². The summed E-state index contributed by atoms with van der Waals surface area (Å²) in [6.07, 6.45) is 2.30. The van der Waals surface area contributed by atoms with Crippen molar-refractivity contribution in [2.24, 2.45) is 0 Å². The van der Waals surface area contributed by atoms with E-state index >= 15 is 0 Å². The Morgan fingerprint density at radius 3 is 3.00 bits per heavy atom. The van der Waals surface area contributed by atoms with Crippen LogP contribution in [-0.4, -0.2) is 23.2 Å². The van der Waals surface area contributed by atoms with Gasteiger partial charge in [-0.05, 0) is 26.2 Å². The minimum Gasteiger partial charge on any atom is -0.429 e. The van der Waals surface area contributed by atoms with Crippen LogP contribution in [0, 0.1) is 6.92 Å². The van der Waals surface area contributed by atoms with Gasteiger partial charge in [-0.3, -0.25) is 5.32 Å². The van der Waals surface area contributed by atoms with Crippen LogP contribution in [-0.2, 0) is 0 Å². The fourth-order valence-corrected chi connectivity index (χ4v) is 1.79. The van der Waals surface area contributed by atoms with Crippen molar-refractivity contribution < 1.29 is 13.6 Å². The molecular weight excluding hydrogens is 213 g/mol. The number of hydrogen-bond acceptors (Lipinski definition) is 3. The third-order valence-corrected chi connectivity index (χ3v) is 2.55. The number of urea groups is 1. The third-order valence-electron chi connectivity index (χ3n) is 2.55. The molecule has 2 rings (SSSR count). The monoisotopic (exact) mass is 227 g/mol. The Bertz CT molecular complexity index is 380. The Hall–Kier alpha value is -1.59. The zero-order chi connectivity index (χ0) is 11.5. The number of carbonyl (C=O) groups excluding carboxylic acids is 1. The normalized spacial score (nSPS) is 24.4. The molecule has 88 valence electrons. The number of nitrogens with one attached hydrogen (secondary N) is 2. The maximum absolute atomic E-state index is 12.9. The second kappa shape index (κ2) is 4.51. The van der Waals surface area contributed by atoms with E-state index in [1.807, 2.05) is 0 Å². The summed E-state index contributed by atoms with van der Waals surface area (Å²) in [4.78, 5) is 15.3. The molecule has 2 amide bonds. The number of amides is 2. The molecule has 1 heterocycles. The summed E-state index contributed by atoms with van der Waals surface area (Å²) in [5.74, 6) is 0.625. The first kappa shape index (κ1) is 10.9. The van der Waals surface area contributed by atoms with Crippen LogP contribution in [0.25, 0.3) is 0 Å². The Morgan fingerprint density at radius 2 is 2.44 bits per heavy atom. The number of hydrogen-bond donors (Lipinski definition) is 2. The third kappa shape index (κ3) is 2.71. The summed E-state index contributed by atoms with van der Waals surface area (Å²) < 4.78 is 17.9. The highest BCUT2D eigenvalue weighted by atomic mass is 19.1. The average Bonchev–Trinajstić information content (AvgIpc) is 2.76. The van der Waals surface area contributed by atoms with Crippen molar-refractivity contribution in [2.45, 2.75) is 38.4 Å². The molecule has 6 heteroatoms. The summed E-state index contributed by atoms with van der Waals surface area (Å²) in [7, 11) is 0. The van der Waals surface area contributed by atoms with Gasteiger partial charge in [-0.25, -0.2) is 14.2 Å². The van der Waals surface area contributed by atoms with Crippen LogP contribution >= 0.6 is 0 Å².